The van der Waals surface area contributed by atoms with Crippen molar-refractivity contribution in [1.82, 2.24) is 9.80 Å². The Morgan fingerprint density at radius 3 is 2.41 bits per heavy atom. The van der Waals surface area contributed by atoms with E-state index in [0.29, 0.717) is 43.9 Å². The maximum absolute atomic E-state index is 13.5. The molecule has 39 heavy (non-hydrogen) atoms. The predicted octanol–water partition coefficient (Wildman–Crippen LogP) is 6.87. The Bertz CT molecular complexity index is 1260. The van der Waals surface area contributed by atoms with Crippen molar-refractivity contribution < 1.29 is 27.1 Å². The monoisotopic (exact) mass is 542 g/mol. The number of halogens is 4. The number of alkyl halides is 3. The minimum Gasteiger partial charge on any atom is -0.497 e. The van der Waals surface area contributed by atoms with Crippen molar-refractivity contribution in [2.45, 2.75) is 32.5 Å². The van der Waals surface area contributed by atoms with Crippen LogP contribution in [0.3, 0.4) is 0 Å². The van der Waals surface area contributed by atoms with Gasteiger partial charge in [-0.2, -0.15) is 13.2 Å². The third kappa shape index (κ3) is 7.38. The van der Waals surface area contributed by atoms with E-state index in [0.717, 1.165) is 17.4 Å². The first-order valence-electron chi connectivity index (χ1n) is 13.1. The van der Waals surface area contributed by atoms with Gasteiger partial charge in [0.1, 0.15) is 11.6 Å². The second-order valence-corrected chi connectivity index (χ2v) is 10.6. The number of benzene rings is 3. The summed E-state index contributed by atoms with van der Waals surface area (Å²) in [6.07, 6.45) is -4.40. The van der Waals surface area contributed by atoms with Crippen molar-refractivity contribution in [3.05, 3.63) is 101 Å². The van der Waals surface area contributed by atoms with Gasteiger partial charge in [-0.1, -0.05) is 44.2 Å². The summed E-state index contributed by atoms with van der Waals surface area (Å²) in [4.78, 5) is 17.5. The smallest absolute Gasteiger partial charge is 0.416 e. The number of hydrogen-bond acceptors (Lipinski definition) is 3. The third-order valence-electron chi connectivity index (χ3n) is 7.12. The topological polar surface area (TPSA) is 32.8 Å². The molecule has 8 heteroatoms. The lowest BCUT2D eigenvalue weighted by atomic mass is 9.88. The largest absolute Gasteiger partial charge is 0.497 e. The SMILES string of the molecule is COc1cccc(C2CN(Cc3cccc(C(F)(F)F)c3)CC2CN(CC(C)C)C(=O)c2ccc(F)cc2)c1. The molecule has 1 aliphatic rings. The Morgan fingerprint density at radius 2 is 1.74 bits per heavy atom. The van der Waals surface area contributed by atoms with Crippen LogP contribution >= 0.6 is 0 Å². The van der Waals surface area contributed by atoms with Gasteiger partial charge < -0.3 is 9.64 Å². The highest BCUT2D eigenvalue weighted by Gasteiger charge is 2.37. The molecule has 0 aliphatic carbocycles. The molecule has 2 atom stereocenters. The van der Waals surface area contributed by atoms with E-state index in [1.807, 2.05) is 43.0 Å². The number of carbonyl (C=O) groups excluding carboxylic acids is 1. The second kappa shape index (κ2) is 12.2. The molecule has 1 heterocycles. The van der Waals surface area contributed by atoms with Gasteiger partial charge in [-0.05, 0) is 65.4 Å². The van der Waals surface area contributed by atoms with Crippen LogP contribution in [-0.4, -0.2) is 49.0 Å². The van der Waals surface area contributed by atoms with Crippen molar-refractivity contribution in [2.24, 2.45) is 11.8 Å². The normalized spacial score (nSPS) is 17.9. The quantitative estimate of drug-likeness (QED) is 0.277. The van der Waals surface area contributed by atoms with Crippen LogP contribution in [0.15, 0.2) is 72.8 Å². The van der Waals surface area contributed by atoms with E-state index in [1.165, 1.54) is 36.4 Å². The van der Waals surface area contributed by atoms with Crippen LogP contribution in [0.5, 0.6) is 5.75 Å². The van der Waals surface area contributed by atoms with E-state index in [2.05, 4.69) is 4.90 Å². The highest BCUT2D eigenvalue weighted by molar-refractivity contribution is 5.94. The van der Waals surface area contributed by atoms with Gasteiger partial charge in [0.25, 0.3) is 5.91 Å². The molecule has 2 unspecified atom stereocenters. The highest BCUT2D eigenvalue weighted by Crippen LogP contribution is 2.36. The Kier molecular flexibility index (Phi) is 8.95. The van der Waals surface area contributed by atoms with Crippen molar-refractivity contribution in [3.8, 4) is 5.75 Å². The molecule has 1 saturated heterocycles. The van der Waals surface area contributed by atoms with Gasteiger partial charge in [0.15, 0.2) is 0 Å². The minimum absolute atomic E-state index is 0.0334. The molecule has 0 spiro atoms. The Labute approximate surface area is 227 Å². The molecule has 1 aliphatic heterocycles. The van der Waals surface area contributed by atoms with Crippen molar-refractivity contribution in [2.75, 3.05) is 33.3 Å². The van der Waals surface area contributed by atoms with Crippen LogP contribution in [0.25, 0.3) is 0 Å². The predicted molar refractivity (Wildman–Crippen MR) is 143 cm³/mol. The Balaban J connectivity index is 1.61. The molecule has 1 fully saturated rings. The molecule has 1 amide bonds. The summed E-state index contributed by atoms with van der Waals surface area (Å²) >= 11 is 0. The summed E-state index contributed by atoms with van der Waals surface area (Å²) in [5, 5.41) is 0. The second-order valence-electron chi connectivity index (χ2n) is 10.6. The Morgan fingerprint density at radius 1 is 1.03 bits per heavy atom. The first-order chi connectivity index (χ1) is 18.5. The van der Waals surface area contributed by atoms with Crippen LogP contribution in [0.1, 0.15) is 46.8 Å². The first-order valence-corrected chi connectivity index (χ1v) is 13.1. The number of amides is 1. The van der Waals surface area contributed by atoms with Crippen LogP contribution in [0.4, 0.5) is 17.6 Å². The van der Waals surface area contributed by atoms with E-state index in [-0.39, 0.29) is 23.7 Å². The molecule has 4 rings (SSSR count). The number of ether oxygens (including phenoxy) is 1. The number of methoxy groups -OCH3 is 1. The summed E-state index contributed by atoms with van der Waals surface area (Å²) in [6, 6.07) is 18.8. The average molecular weight is 543 g/mol. The number of hydrogen-bond donors (Lipinski definition) is 0. The fraction of sp³-hybridized carbons (Fsp3) is 0.387. The van der Waals surface area contributed by atoms with E-state index in [4.69, 9.17) is 4.74 Å². The standard InChI is InChI=1S/C31H34F4N2O2/c1-21(2)16-37(30(38)23-10-12-27(32)13-11-23)19-25-18-36(17-22-6-4-8-26(14-22)31(33,34)35)20-29(25)24-7-5-9-28(15-24)39-3/h4-15,21,25,29H,16-20H2,1-3H3. The number of carbonyl (C=O) groups is 1. The van der Waals surface area contributed by atoms with Crippen molar-refractivity contribution in [1.29, 1.82) is 0 Å². The summed E-state index contributed by atoms with van der Waals surface area (Å²) in [5.74, 6) is 0.453. The number of likely N-dealkylation sites (tertiary alicyclic amines) is 1. The molecule has 0 N–H and O–H groups in total. The van der Waals surface area contributed by atoms with E-state index in [9.17, 15) is 22.4 Å². The average Bonchev–Trinajstić information content (AvgIpc) is 3.29. The zero-order chi connectivity index (χ0) is 28.2. The van der Waals surface area contributed by atoms with Gasteiger partial charge >= 0.3 is 6.18 Å². The van der Waals surface area contributed by atoms with Gasteiger partial charge in [0.05, 0.1) is 12.7 Å². The van der Waals surface area contributed by atoms with E-state index < -0.39 is 17.6 Å². The first kappa shape index (κ1) is 28.6. The van der Waals surface area contributed by atoms with Crippen LogP contribution in [0, 0.1) is 17.7 Å². The van der Waals surface area contributed by atoms with Gasteiger partial charge in [-0.25, -0.2) is 4.39 Å². The lowest BCUT2D eigenvalue weighted by Gasteiger charge is -2.30. The Hall–Kier alpha value is -3.39. The molecule has 3 aromatic carbocycles. The molecule has 0 saturated carbocycles. The zero-order valence-electron chi connectivity index (χ0n) is 22.4. The molecule has 0 radical (unpaired) electrons. The van der Waals surface area contributed by atoms with Gasteiger partial charge in [0, 0.05) is 44.2 Å². The molecule has 0 bridgehead atoms. The fourth-order valence-electron chi connectivity index (χ4n) is 5.37. The summed E-state index contributed by atoms with van der Waals surface area (Å²) in [7, 11) is 1.61. The fourth-order valence-corrected chi connectivity index (χ4v) is 5.37. The van der Waals surface area contributed by atoms with Gasteiger partial charge in [-0.15, -0.1) is 0 Å². The van der Waals surface area contributed by atoms with Crippen molar-refractivity contribution in [3.63, 3.8) is 0 Å². The lowest BCUT2D eigenvalue weighted by molar-refractivity contribution is -0.137. The van der Waals surface area contributed by atoms with Crippen LogP contribution in [-0.2, 0) is 12.7 Å². The molecule has 4 nitrogen and oxygen atoms in total. The van der Waals surface area contributed by atoms with Crippen molar-refractivity contribution >= 4 is 5.91 Å². The minimum atomic E-state index is -4.40. The molecular weight excluding hydrogens is 508 g/mol. The maximum atomic E-state index is 13.5. The van der Waals surface area contributed by atoms with E-state index >= 15 is 0 Å². The molecule has 3 aromatic rings. The number of rotatable bonds is 9. The zero-order valence-corrected chi connectivity index (χ0v) is 22.4. The third-order valence-corrected chi connectivity index (χ3v) is 7.12. The summed E-state index contributed by atoms with van der Waals surface area (Å²) in [5.41, 5.74) is 1.42. The van der Waals surface area contributed by atoms with Gasteiger partial charge in [-0.3, -0.25) is 9.69 Å². The maximum Gasteiger partial charge on any atom is 0.416 e. The highest BCUT2D eigenvalue weighted by atomic mass is 19.4. The van der Waals surface area contributed by atoms with Gasteiger partial charge in [0.2, 0.25) is 0 Å². The molecule has 0 aromatic heterocycles. The molecular formula is C31H34F4N2O2. The van der Waals surface area contributed by atoms with Crippen LogP contribution < -0.4 is 4.74 Å². The van der Waals surface area contributed by atoms with E-state index in [1.54, 1.807) is 13.2 Å². The summed E-state index contributed by atoms with van der Waals surface area (Å²) < 4.78 is 58.8. The lowest BCUT2D eigenvalue weighted by Crippen LogP contribution is -2.39. The van der Waals surface area contributed by atoms with Crippen LogP contribution in [0.2, 0.25) is 0 Å². The summed E-state index contributed by atoms with van der Waals surface area (Å²) in [6.45, 7) is 6.70. The molecule has 208 valence electrons. The number of nitrogens with zero attached hydrogens (tertiary/aromatic N) is 2.